The highest BCUT2D eigenvalue weighted by molar-refractivity contribution is 7.89. The molecule has 0 saturated carbocycles. The Labute approximate surface area is 111 Å². The van der Waals surface area contributed by atoms with Crippen molar-refractivity contribution >= 4 is 10.0 Å². The van der Waals surface area contributed by atoms with E-state index in [-0.39, 0.29) is 11.6 Å². The Morgan fingerprint density at radius 1 is 1.53 bits per heavy atom. The standard InChI is InChI=1S/C11H16N4O3S/c1-2-9(11-13-5-6-14-11)15-19(16,17)10-4-3-8(7-12)18-10/h3-6,9,15H,2,7,12H2,1H3,(H,13,14). The van der Waals surface area contributed by atoms with E-state index in [2.05, 4.69) is 14.7 Å². The summed E-state index contributed by atoms with van der Waals surface area (Å²) in [7, 11) is -3.72. The number of furan rings is 1. The highest BCUT2D eigenvalue weighted by Gasteiger charge is 2.24. The summed E-state index contributed by atoms with van der Waals surface area (Å²) in [6.45, 7) is 2.02. The Balaban J connectivity index is 2.20. The molecule has 0 aromatic carbocycles. The van der Waals surface area contributed by atoms with Crippen molar-refractivity contribution in [3.05, 3.63) is 36.1 Å². The van der Waals surface area contributed by atoms with Gasteiger partial charge in [-0.2, -0.15) is 4.72 Å². The molecule has 2 aromatic heterocycles. The molecule has 2 rings (SSSR count). The third kappa shape index (κ3) is 3.03. The van der Waals surface area contributed by atoms with Gasteiger partial charge in [-0.05, 0) is 18.6 Å². The number of hydrogen-bond donors (Lipinski definition) is 3. The summed E-state index contributed by atoms with van der Waals surface area (Å²) in [5, 5.41) is -0.141. The van der Waals surface area contributed by atoms with Crippen molar-refractivity contribution in [2.75, 3.05) is 0 Å². The number of sulfonamides is 1. The summed E-state index contributed by atoms with van der Waals surface area (Å²) >= 11 is 0. The van der Waals surface area contributed by atoms with E-state index < -0.39 is 16.1 Å². The van der Waals surface area contributed by atoms with Crippen molar-refractivity contribution in [1.29, 1.82) is 0 Å². The number of aromatic nitrogens is 2. The summed E-state index contributed by atoms with van der Waals surface area (Å²) in [4.78, 5) is 6.94. The van der Waals surface area contributed by atoms with Gasteiger partial charge in [0.05, 0.1) is 12.6 Å². The molecule has 104 valence electrons. The first kappa shape index (κ1) is 13.8. The zero-order valence-electron chi connectivity index (χ0n) is 10.5. The number of nitrogens with two attached hydrogens (primary N) is 1. The van der Waals surface area contributed by atoms with Crippen molar-refractivity contribution in [2.45, 2.75) is 31.0 Å². The number of aromatic amines is 1. The summed E-state index contributed by atoms with van der Waals surface area (Å²) in [5.41, 5.74) is 5.39. The van der Waals surface area contributed by atoms with Crippen molar-refractivity contribution in [2.24, 2.45) is 5.73 Å². The summed E-state index contributed by atoms with van der Waals surface area (Å²) in [6.07, 6.45) is 3.79. The van der Waals surface area contributed by atoms with Gasteiger partial charge in [0.1, 0.15) is 11.6 Å². The van der Waals surface area contributed by atoms with Gasteiger partial charge in [0.15, 0.2) is 0 Å². The van der Waals surface area contributed by atoms with E-state index in [1.807, 2.05) is 6.92 Å². The quantitative estimate of drug-likeness (QED) is 0.729. The molecule has 2 heterocycles. The maximum atomic E-state index is 12.1. The molecule has 19 heavy (non-hydrogen) atoms. The van der Waals surface area contributed by atoms with Crippen molar-refractivity contribution < 1.29 is 12.8 Å². The van der Waals surface area contributed by atoms with Crippen molar-refractivity contribution in [3.63, 3.8) is 0 Å². The maximum Gasteiger partial charge on any atom is 0.274 e. The van der Waals surface area contributed by atoms with E-state index >= 15 is 0 Å². The fourth-order valence-corrected chi connectivity index (χ4v) is 2.89. The lowest BCUT2D eigenvalue weighted by atomic mass is 10.2. The number of hydrogen-bond acceptors (Lipinski definition) is 5. The first-order valence-electron chi connectivity index (χ1n) is 5.87. The third-order valence-corrected chi connectivity index (χ3v) is 4.00. The van der Waals surface area contributed by atoms with Crippen LogP contribution in [-0.4, -0.2) is 18.4 Å². The number of H-pyrrole nitrogens is 1. The summed E-state index contributed by atoms with van der Waals surface area (Å²) < 4.78 is 32.0. The van der Waals surface area contributed by atoms with Crippen LogP contribution in [-0.2, 0) is 16.6 Å². The van der Waals surface area contributed by atoms with Gasteiger partial charge < -0.3 is 15.1 Å². The highest BCUT2D eigenvalue weighted by Crippen LogP contribution is 2.18. The van der Waals surface area contributed by atoms with Gasteiger partial charge in [-0.1, -0.05) is 6.92 Å². The molecule has 2 aromatic rings. The molecular weight excluding hydrogens is 268 g/mol. The van der Waals surface area contributed by atoms with Gasteiger partial charge in [0, 0.05) is 12.4 Å². The molecule has 0 amide bonds. The first-order valence-corrected chi connectivity index (χ1v) is 7.35. The Bertz CT molecular complexity index is 618. The Hall–Kier alpha value is -1.64. The second-order valence-corrected chi connectivity index (χ2v) is 5.63. The van der Waals surface area contributed by atoms with Gasteiger partial charge in [-0.25, -0.2) is 13.4 Å². The number of nitrogens with one attached hydrogen (secondary N) is 2. The van der Waals surface area contributed by atoms with Crippen LogP contribution in [0.3, 0.4) is 0 Å². The minimum Gasteiger partial charge on any atom is -0.447 e. The van der Waals surface area contributed by atoms with E-state index in [4.69, 9.17) is 10.2 Å². The molecular formula is C11H16N4O3S. The average Bonchev–Trinajstić information content (AvgIpc) is 3.06. The number of rotatable bonds is 6. The van der Waals surface area contributed by atoms with Gasteiger partial charge >= 0.3 is 0 Å². The fourth-order valence-electron chi connectivity index (χ4n) is 1.66. The maximum absolute atomic E-state index is 12.1. The van der Waals surface area contributed by atoms with E-state index in [0.29, 0.717) is 18.0 Å². The van der Waals surface area contributed by atoms with E-state index in [1.54, 1.807) is 18.5 Å². The predicted octanol–water partition coefficient (Wildman–Crippen LogP) is 0.891. The van der Waals surface area contributed by atoms with Gasteiger partial charge in [-0.3, -0.25) is 0 Å². The normalized spacial score (nSPS) is 13.6. The Morgan fingerprint density at radius 2 is 2.32 bits per heavy atom. The minimum atomic E-state index is -3.72. The van der Waals surface area contributed by atoms with Gasteiger partial charge in [0.25, 0.3) is 10.0 Å². The fraction of sp³-hybridized carbons (Fsp3) is 0.364. The van der Waals surface area contributed by atoms with Crippen LogP contribution in [0.1, 0.15) is 31.0 Å². The Kier molecular flexibility index (Phi) is 4.03. The summed E-state index contributed by atoms with van der Waals surface area (Å²) in [6, 6.07) is 2.51. The lowest BCUT2D eigenvalue weighted by molar-refractivity contribution is 0.409. The van der Waals surface area contributed by atoms with Crippen LogP contribution < -0.4 is 10.5 Å². The smallest absolute Gasteiger partial charge is 0.274 e. The lowest BCUT2D eigenvalue weighted by Gasteiger charge is -2.13. The average molecular weight is 284 g/mol. The van der Waals surface area contributed by atoms with Crippen LogP contribution >= 0.6 is 0 Å². The van der Waals surface area contributed by atoms with Crippen LogP contribution in [0.2, 0.25) is 0 Å². The highest BCUT2D eigenvalue weighted by atomic mass is 32.2. The zero-order chi connectivity index (χ0) is 13.9. The van der Waals surface area contributed by atoms with Gasteiger partial charge in [-0.15, -0.1) is 0 Å². The van der Waals surface area contributed by atoms with Crippen LogP contribution in [0.15, 0.2) is 34.0 Å². The molecule has 0 aliphatic carbocycles. The molecule has 8 heteroatoms. The molecule has 0 saturated heterocycles. The van der Waals surface area contributed by atoms with Crippen molar-refractivity contribution in [1.82, 2.24) is 14.7 Å². The first-order chi connectivity index (χ1) is 9.06. The second-order valence-electron chi connectivity index (χ2n) is 3.98. The zero-order valence-corrected chi connectivity index (χ0v) is 11.3. The SMILES string of the molecule is CCC(NS(=O)(=O)c1ccc(CN)o1)c1ncc[nH]1. The largest absolute Gasteiger partial charge is 0.447 e. The van der Waals surface area contributed by atoms with E-state index in [1.165, 1.54) is 6.07 Å². The number of nitrogens with zero attached hydrogens (tertiary/aromatic N) is 1. The van der Waals surface area contributed by atoms with Gasteiger partial charge in [0.2, 0.25) is 5.09 Å². The molecule has 1 atom stereocenters. The topological polar surface area (TPSA) is 114 Å². The molecule has 0 aliphatic heterocycles. The molecule has 0 aliphatic rings. The lowest BCUT2D eigenvalue weighted by Crippen LogP contribution is -2.28. The van der Waals surface area contributed by atoms with Crippen LogP contribution in [0.5, 0.6) is 0 Å². The molecule has 1 unspecified atom stereocenters. The summed E-state index contributed by atoms with van der Waals surface area (Å²) in [5.74, 6) is 0.989. The van der Waals surface area contributed by atoms with E-state index in [9.17, 15) is 8.42 Å². The van der Waals surface area contributed by atoms with E-state index in [0.717, 1.165) is 0 Å². The molecule has 0 bridgehead atoms. The third-order valence-electron chi connectivity index (χ3n) is 2.66. The van der Waals surface area contributed by atoms with Crippen molar-refractivity contribution in [3.8, 4) is 0 Å². The van der Waals surface area contributed by atoms with Crippen LogP contribution in [0.25, 0.3) is 0 Å². The van der Waals surface area contributed by atoms with Crippen LogP contribution in [0.4, 0.5) is 0 Å². The van der Waals surface area contributed by atoms with Crippen LogP contribution in [0, 0.1) is 0 Å². The molecule has 4 N–H and O–H groups in total. The molecule has 0 spiro atoms. The molecule has 0 fully saturated rings. The molecule has 7 nitrogen and oxygen atoms in total. The minimum absolute atomic E-state index is 0.141. The predicted molar refractivity (Wildman–Crippen MR) is 68.5 cm³/mol. The monoisotopic (exact) mass is 284 g/mol. The Morgan fingerprint density at radius 3 is 2.84 bits per heavy atom. The second kappa shape index (κ2) is 5.55. The molecule has 0 radical (unpaired) electrons. The number of imidazole rings is 1.